The van der Waals surface area contributed by atoms with Crippen molar-refractivity contribution in [2.24, 2.45) is 11.8 Å². The number of piperidine rings is 1. The Balaban J connectivity index is 0.00000288. The van der Waals surface area contributed by atoms with Crippen LogP contribution in [0.4, 0.5) is 11.4 Å². The van der Waals surface area contributed by atoms with Crippen LogP contribution in [0.2, 0.25) is 0 Å². The Morgan fingerprint density at radius 3 is 2.42 bits per heavy atom. The molecule has 2 rings (SSSR count). The fraction of sp³-hybridized carbons (Fsp3) is 0.562. The van der Waals surface area contributed by atoms with Gasteiger partial charge in [-0.15, -0.1) is 12.4 Å². The highest BCUT2D eigenvalue weighted by Gasteiger charge is 2.22. The number of para-hydroxylation sites is 2. The maximum Gasteiger partial charge on any atom is 0.229 e. The summed E-state index contributed by atoms with van der Waals surface area (Å²) in [5.74, 6) is 0.789. The predicted molar refractivity (Wildman–Crippen MR) is 100 cm³/mol. The molecule has 136 valence electrons. The minimum absolute atomic E-state index is 0. The quantitative estimate of drug-likeness (QED) is 0.712. The van der Waals surface area contributed by atoms with E-state index in [2.05, 4.69) is 22.3 Å². The number of hydrogen-bond donors (Lipinski definition) is 3. The zero-order chi connectivity index (χ0) is 16.9. The number of nitrogens with one attached hydrogen (secondary N) is 3. The van der Waals surface area contributed by atoms with Gasteiger partial charge >= 0.3 is 0 Å². The lowest BCUT2D eigenvalue weighted by molar-refractivity contribution is -0.117. The first-order valence-corrected chi connectivity index (χ1v) is 9.81. The molecule has 1 fully saturated rings. The van der Waals surface area contributed by atoms with E-state index in [0.29, 0.717) is 29.6 Å². The molecule has 3 N–H and O–H groups in total. The predicted octanol–water partition coefficient (Wildman–Crippen LogP) is 2.44. The maximum absolute atomic E-state index is 12.3. The summed E-state index contributed by atoms with van der Waals surface area (Å²) in [7, 11) is -3.38. The summed E-state index contributed by atoms with van der Waals surface area (Å²) >= 11 is 0. The van der Waals surface area contributed by atoms with Crippen molar-refractivity contribution in [2.45, 2.75) is 26.2 Å². The van der Waals surface area contributed by atoms with Gasteiger partial charge in [-0.25, -0.2) is 8.42 Å². The molecular weight excluding hydrogens is 350 g/mol. The maximum atomic E-state index is 12.3. The Morgan fingerprint density at radius 2 is 1.83 bits per heavy atom. The molecule has 0 saturated carbocycles. The molecule has 1 heterocycles. The van der Waals surface area contributed by atoms with Gasteiger partial charge in [-0.2, -0.15) is 0 Å². The van der Waals surface area contributed by atoms with Crippen molar-refractivity contribution in [2.75, 3.05) is 29.4 Å². The highest BCUT2D eigenvalue weighted by Crippen LogP contribution is 2.26. The summed E-state index contributed by atoms with van der Waals surface area (Å²) in [5.41, 5.74) is 0.873. The third-order valence-corrected chi connectivity index (χ3v) is 4.78. The van der Waals surface area contributed by atoms with E-state index in [1.54, 1.807) is 24.3 Å². The van der Waals surface area contributed by atoms with E-state index in [9.17, 15) is 13.2 Å². The topological polar surface area (TPSA) is 87.3 Å². The van der Waals surface area contributed by atoms with Gasteiger partial charge in [-0.1, -0.05) is 19.1 Å². The molecule has 24 heavy (non-hydrogen) atoms. The first-order valence-electron chi connectivity index (χ1n) is 7.92. The van der Waals surface area contributed by atoms with Crippen LogP contribution in [-0.2, 0) is 14.8 Å². The van der Waals surface area contributed by atoms with Crippen molar-refractivity contribution < 1.29 is 13.2 Å². The van der Waals surface area contributed by atoms with Crippen LogP contribution < -0.4 is 15.4 Å². The molecule has 1 aliphatic heterocycles. The Bertz CT molecular complexity index is 646. The van der Waals surface area contributed by atoms with Crippen molar-refractivity contribution in [3.05, 3.63) is 24.3 Å². The van der Waals surface area contributed by atoms with Crippen LogP contribution >= 0.6 is 12.4 Å². The minimum Gasteiger partial charge on any atom is -0.324 e. The molecule has 8 heteroatoms. The Morgan fingerprint density at radius 1 is 1.25 bits per heavy atom. The van der Waals surface area contributed by atoms with E-state index in [-0.39, 0.29) is 18.3 Å². The fourth-order valence-electron chi connectivity index (χ4n) is 2.95. The van der Waals surface area contributed by atoms with Gasteiger partial charge in [-0.3, -0.25) is 9.52 Å². The standard InChI is InChI=1S/C16H25N3O3S.ClH/c1-12(13-7-9-17-10-8-13)11-16(20)18-14-5-3-4-6-15(14)19-23(2,21)22;/h3-6,12-13,17,19H,7-11H2,1-2H3,(H,18,20);1H. The van der Waals surface area contributed by atoms with E-state index >= 15 is 0 Å². The smallest absolute Gasteiger partial charge is 0.229 e. The second-order valence-corrected chi connectivity index (χ2v) is 7.99. The molecule has 1 saturated heterocycles. The number of carbonyl (C=O) groups is 1. The summed E-state index contributed by atoms with van der Waals surface area (Å²) in [6.07, 6.45) is 3.73. The van der Waals surface area contributed by atoms with E-state index in [1.165, 1.54) is 0 Å². The normalized spacial score (nSPS) is 16.8. The van der Waals surface area contributed by atoms with Crippen LogP contribution in [0.5, 0.6) is 0 Å². The molecule has 0 spiro atoms. The van der Waals surface area contributed by atoms with Crippen LogP contribution in [0.15, 0.2) is 24.3 Å². The highest BCUT2D eigenvalue weighted by atomic mass is 35.5. The lowest BCUT2D eigenvalue weighted by Gasteiger charge is -2.28. The minimum atomic E-state index is -3.38. The molecule has 1 aliphatic rings. The molecule has 6 nitrogen and oxygen atoms in total. The molecule has 0 radical (unpaired) electrons. The Labute approximate surface area is 150 Å². The number of rotatable bonds is 6. The highest BCUT2D eigenvalue weighted by molar-refractivity contribution is 7.92. The van der Waals surface area contributed by atoms with Gasteiger partial charge in [0.2, 0.25) is 15.9 Å². The van der Waals surface area contributed by atoms with Crippen molar-refractivity contribution in [3.8, 4) is 0 Å². The Kier molecular flexibility index (Phi) is 7.99. The van der Waals surface area contributed by atoms with E-state index < -0.39 is 10.0 Å². The van der Waals surface area contributed by atoms with Gasteiger partial charge in [0.25, 0.3) is 0 Å². The van der Waals surface area contributed by atoms with Crippen molar-refractivity contribution in [1.29, 1.82) is 0 Å². The number of sulfonamides is 1. The van der Waals surface area contributed by atoms with E-state index in [4.69, 9.17) is 0 Å². The second-order valence-electron chi connectivity index (χ2n) is 6.24. The third-order valence-electron chi connectivity index (χ3n) is 4.19. The van der Waals surface area contributed by atoms with Crippen LogP contribution in [0.1, 0.15) is 26.2 Å². The van der Waals surface area contributed by atoms with Gasteiger partial charge in [0, 0.05) is 6.42 Å². The number of benzene rings is 1. The molecular formula is C16H26ClN3O3S. The van der Waals surface area contributed by atoms with Crippen LogP contribution in [0, 0.1) is 11.8 Å². The van der Waals surface area contributed by atoms with E-state index in [1.807, 2.05) is 0 Å². The second kappa shape index (κ2) is 9.25. The molecule has 1 amide bonds. The number of amides is 1. The van der Waals surface area contributed by atoms with Gasteiger partial charge in [-0.05, 0) is 49.9 Å². The van der Waals surface area contributed by atoms with Crippen molar-refractivity contribution >= 4 is 39.7 Å². The fourth-order valence-corrected chi connectivity index (χ4v) is 3.53. The molecule has 0 bridgehead atoms. The van der Waals surface area contributed by atoms with Crippen molar-refractivity contribution in [3.63, 3.8) is 0 Å². The summed E-state index contributed by atoms with van der Waals surface area (Å²) in [4.78, 5) is 12.3. The van der Waals surface area contributed by atoms with Gasteiger partial charge in [0.1, 0.15) is 0 Å². The molecule has 1 unspecified atom stereocenters. The number of anilines is 2. The summed E-state index contributed by atoms with van der Waals surface area (Å²) in [6, 6.07) is 6.81. The molecule has 1 atom stereocenters. The largest absolute Gasteiger partial charge is 0.324 e. The van der Waals surface area contributed by atoms with Crippen LogP contribution in [0.3, 0.4) is 0 Å². The number of halogens is 1. The molecule has 0 aliphatic carbocycles. The zero-order valence-corrected chi connectivity index (χ0v) is 15.7. The molecule has 0 aromatic heterocycles. The first kappa shape index (κ1) is 20.7. The lowest BCUT2D eigenvalue weighted by Crippen LogP contribution is -2.32. The van der Waals surface area contributed by atoms with Crippen LogP contribution in [-0.4, -0.2) is 33.7 Å². The monoisotopic (exact) mass is 375 g/mol. The summed E-state index contributed by atoms with van der Waals surface area (Å²) < 4.78 is 25.2. The Hall–Kier alpha value is -1.31. The first-order chi connectivity index (χ1) is 10.8. The third kappa shape index (κ3) is 6.67. The van der Waals surface area contributed by atoms with Crippen LogP contribution in [0.25, 0.3) is 0 Å². The lowest BCUT2D eigenvalue weighted by atomic mass is 9.84. The average molecular weight is 376 g/mol. The summed E-state index contributed by atoms with van der Waals surface area (Å²) in [5, 5.41) is 6.15. The summed E-state index contributed by atoms with van der Waals surface area (Å²) in [6.45, 7) is 4.13. The zero-order valence-electron chi connectivity index (χ0n) is 14.0. The van der Waals surface area contributed by atoms with Gasteiger partial charge in [0.15, 0.2) is 0 Å². The van der Waals surface area contributed by atoms with E-state index in [0.717, 1.165) is 32.2 Å². The SMILES string of the molecule is CC(CC(=O)Nc1ccccc1NS(C)(=O)=O)C1CCNCC1.Cl. The average Bonchev–Trinajstić information content (AvgIpc) is 2.48. The molecule has 1 aromatic rings. The van der Waals surface area contributed by atoms with Gasteiger partial charge < -0.3 is 10.6 Å². The number of carbonyl (C=O) groups excluding carboxylic acids is 1. The molecule has 1 aromatic carbocycles. The van der Waals surface area contributed by atoms with Crippen molar-refractivity contribution in [1.82, 2.24) is 5.32 Å². The number of hydrogen-bond acceptors (Lipinski definition) is 4. The van der Waals surface area contributed by atoms with Gasteiger partial charge in [0.05, 0.1) is 17.6 Å².